The van der Waals surface area contributed by atoms with E-state index in [0.717, 1.165) is 26.1 Å². The van der Waals surface area contributed by atoms with Gasteiger partial charge in [-0.25, -0.2) is 0 Å². The summed E-state index contributed by atoms with van der Waals surface area (Å²) in [5.74, 6) is 0. The number of aliphatic hydroxyl groups is 1. The van der Waals surface area contributed by atoms with Crippen LogP contribution in [0.15, 0.2) is 0 Å². The SMILES string of the molecule is CCOC(CN)CN(CCCO)C1CCC1. The van der Waals surface area contributed by atoms with Gasteiger partial charge in [-0.15, -0.1) is 0 Å². The molecule has 1 atom stereocenters. The van der Waals surface area contributed by atoms with Gasteiger partial charge in [0.2, 0.25) is 0 Å². The maximum Gasteiger partial charge on any atom is 0.0823 e. The highest BCUT2D eigenvalue weighted by atomic mass is 16.5. The van der Waals surface area contributed by atoms with E-state index >= 15 is 0 Å². The van der Waals surface area contributed by atoms with E-state index in [4.69, 9.17) is 15.6 Å². The molecule has 96 valence electrons. The second-order valence-electron chi connectivity index (χ2n) is 4.47. The van der Waals surface area contributed by atoms with E-state index in [0.29, 0.717) is 12.6 Å². The van der Waals surface area contributed by atoms with Crippen molar-refractivity contribution < 1.29 is 9.84 Å². The van der Waals surface area contributed by atoms with E-state index < -0.39 is 0 Å². The minimum Gasteiger partial charge on any atom is -0.396 e. The Morgan fingerprint density at radius 1 is 1.50 bits per heavy atom. The summed E-state index contributed by atoms with van der Waals surface area (Å²) >= 11 is 0. The lowest BCUT2D eigenvalue weighted by molar-refractivity contribution is 0.0122. The fourth-order valence-corrected chi connectivity index (χ4v) is 2.14. The van der Waals surface area contributed by atoms with Crippen molar-refractivity contribution in [3.05, 3.63) is 0 Å². The summed E-state index contributed by atoms with van der Waals surface area (Å²) in [4.78, 5) is 2.44. The summed E-state index contributed by atoms with van der Waals surface area (Å²) in [6, 6.07) is 0.695. The molecular weight excluding hydrogens is 204 g/mol. The minimum atomic E-state index is 0.143. The molecule has 0 heterocycles. The van der Waals surface area contributed by atoms with Gasteiger partial charge in [0.25, 0.3) is 0 Å². The third kappa shape index (κ3) is 4.37. The Labute approximate surface area is 98.8 Å². The molecule has 3 N–H and O–H groups in total. The predicted octanol–water partition coefficient (Wildman–Crippen LogP) is 0.587. The van der Waals surface area contributed by atoms with Crippen molar-refractivity contribution in [2.75, 3.05) is 32.8 Å². The molecule has 1 aliphatic carbocycles. The topological polar surface area (TPSA) is 58.7 Å². The van der Waals surface area contributed by atoms with Crippen molar-refractivity contribution in [2.45, 2.75) is 44.8 Å². The van der Waals surface area contributed by atoms with Crippen LogP contribution >= 0.6 is 0 Å². The molecule has 1 fully saturated rings. The first-order chi connectivity index (χ1) is 7.81. The van der Waals surface area contributed by atoms with Gasteiger partial charge in [0.1, 0.15) is 0 Å². The quantitative estimate of drug-likeness (QED) is 0.608. The predicted molar refractivity (Wildman–Crippen MR) is 65.4 cm³/mol. The highest BCUT2D eigenvalue weighted by Gasteiger charge is 2.26. The molecule has 0 bridgehead atoms. The number of nitrogens with two attached hydrogens (primary N) is 1. The van der Waals surface area contributed by atoms with Crippen LogP contribution in [-0.2, 0) is 4.74 Å². The lowest BCUT2D eigenvalue weighted by atomic mass is 9.91. The number of hydrogen-bond donors (Lipinski definition) is 2. The fourth-order valence-electron chi connectivity index (χ4n) is 2.14. The third-order valence-electron chi connectivity index (χ3n) is 3.30. The lowest BCUT2D eigenvalue weighted by Gasteiger charge is -2.39. The van der Waals surface area contributed by atoms with Gasteiger partial charge in [0.05, 0.1) is 6.10 Å². The summed E-state index contributed by atoms with van der Waals surface area (Å²) in [7, 11) is 0. The van der Waals surface area contributed by atoms with Gasteiger partial charge in [-0.3, -0.25) is 4.90 Å². The average Bonchev–Trinajstić information content (AvgIpc) is 2.22. The average molecular weight is 230 g/mol. The Morgan fingerprint density at radius 3 is 2.69 bits per heavy atom. The highest BCUT2D eigenvalue weighted by molar-refractivity contribution is 4.82. The van der Waals surface area contributed by atoms with Crippen LogP contribution in [0.5, 0.6) is 0 Å². The summed E-state index contributed by atoms with van der Waals surface area (Å²) in [5, 5.41) is 8.90. The van der Waals surface area contributed by atoms with Crippen LogP contribution in [0.1, 0.15) is 32.6 Å². The van der Waals surface area contributed by atoms with Gasteiger partial charge in [0, 0.05) is 38.9 Å². The number of ether oxygens (including phenoxy) is 1. The zero-order valence-corrected chi connectivity index (χ0v) is 10.4. The van der Waals surface area contributed by atoms with Crippen molar-refractivity contribution in [3.63, 3.8) is 0 Å². The molecule has 0 aliphatic heterocycles. The molecule has 0 saturated heterocycles. The van der Waals surface area contributed by atoms with Gasteiger partial charge in [0.15, 0.2) is 0 Å². The molecule has 16 heavy (non-hydrogen) atoms. The first kappa shape index (κ1) is 13.9. The van der Waals surface area contributed by atoms with Gasteiger partial charge in [-0.05, 0) is 26.2 Å². The van der Waals surface area contributed by atoms with Crippen LogP contribution in [0.2, 0.25) is 0 Å². The maximum atomic E-state index is 8.90. The monoisotopic (exact) mass is 230 g/mol. The Morgan fingerprint density at radius 2 is 2.25 bits per heavy atom. The summed E-state index contributed by atoms with van der Waals surface area (Å²) in [5.41, 5.74) is 5.69. The molecule has 0 aromatic rings. The standard InChI is InChI=1S/C12H26N2O2/c1-2-16-12(9-13)10-14(7-4-8-15)11-5-3-6-11/h11-12,15H,2-10,13H2,1H3. The first-order valence-electron chi connectivity index (χ1n) is 6.48. The van der Waals surface area contributed by atoms with Crippen LogP contribution in [0.25, 0.3) is 0 Å². The van der Waals surface area contributed by atoms with E-state index in [1.54, 1.807) is 0 Å². The molecule has 1 rings (SSSR count). The molecule has 0 aromatic heterocycles. The van der Waals surface area contributed by atoms with E-state index in [2.05, 4.69) is 4.90 Å². The van der Waals surface area contributed by atoms with Gasteiger partial charge >= 0.3 is 0 Å². The normalized spacial score (nSPS) is 18.8. The maximum absolute atomic E-state index is 8.90. The second-order valence-corrected chi connectivity index (χ2v) is 4.47. The molecule has 0 aromatic carbocycles. The Balaban J connectivity index is 2.34. The minimum absolute atomic E-state index is 0.143. The van der Waals surface area contributed by atoms with Gasteiger partial charge in [-0.1, -0.05) is 6.42 Å². The van der Waals surface area contributed by atoms with Crippen molar-refractivity contribution in [1.82, 2.24) is 4.90 Å². The number of rotatable bonds is 9. The third-order valence-corrected chi connectivity index (χ3v) is 3.30. The van der Waals surface area contributed by atoms with Crippen molar-refractivity contribution in [2.24, 2.45) is 5.73 Å². The molecule has 0 spiro atoms. The fraction of sp³-hybridized carbons (Fsp3) is 1.00. The largest absolute Gasteiger partial charge is 0.396 e. The molecule has 1 saturated carbocycles. The molecule has 1 aliphatic rings. The molecular formula is C12H26N2O2. The van der Waals surface area contributed by atoms with E-state index in [9.17, 15) is 0 Å². The smallest absolute Gasteiger partial charge is 0.0823 e. The van der Waals surface area contributed by atoms with Crippen LogP contribution < -0.4 is 5.73 Å². The van der Waals surface area contributed by atoms with Crippen molar-refractivity contribution in [1.29, 1.82) is 0 Å². The van der Waals surface area contributed by atoms with E-state index in [1.807, 2.05) is 6.92 Å². The molecule has 4 nitrogen and oxygen atoms in total. The van der Waals surface area contributed by atoms with Crippen molar-refractivity contribution in [3.8, 4) is 0 Å². The zero-order chi connectivity index (χ0) is 11.8. The zero-order valence-electron chi connectivity index (χ0n) is 10.4. The Hall–Kier alpha value is -0.160. The number of aliphatic hydroxyl groups excluding tert-OH is 1. The van der Waals surface area contributed by atoms with E-state index in [1.165, 1.54) is 19.3 Å². The van der Waals surface area contributed by atoms with Gasteiger partial charge < -0.3 is 15.6 Å². The number of nitrogens with zero attached hydrogens (tertiary/aromatic N) is 1. The van der Waals surface area contributed by atoms with Crippen LogP contribution in [-0.4, -0.2) is 55.0 Å². The van der Waals surface area contributed by atoms with Crippen molar-refractivity contribution >= 4 is 0 Å². The Bertz CT molecular complexity index is 174. The summed E-state index contributed by atoms with van der Waals surface area (Å²) in [6.07, 6.45) is 4.90. The summed E-state index contributed by atoms with van der Waals surface area (Å²) in [6.45, 7) is 5.45. The summed E-state index contributed by atoms with van der Waals surface area (Å²) < 4.78 is 5.59. The molecule has 0 radical (unpaired) electrons. The van der Waals surface area contributed by atoms with E-state index in [-0.39, 0.29) is 12.7 Å². The lowest BCUT2D eigenvalue weighted by Crippen LogP contribution is -2.47. The highest BCUT2D eigenvalue weighted by Crippen LogP contribution is 2.25. The van der Waals surface area contributed by atoms with Crippen LogP contribution in [0, 0.1) is 0 Å². The van der Waals surface area contributed by atoms with Crippen LogP contribution in [0.3, 0.4) is 0 Å². The van der Waals surface area contributed by atoms with Crippen LogP contribution in [0.4, 0.5) is 0 Å². The molecule has 1 unspecified atom stereocenters. The Kier molecular flexibility index (Phi) is 6.96. The molecule has 0 amide bonds. The number of hydrogen-bond acceptors (Lipinski definition) is 4. The molecule has 4 heteroatoms. The van der Waals surface area contributed by atoms with Gasteiger partial charge in [-0.2, -0.15) is 0 Å². The first-order valence-corrected chi connectivity index (χ1v) is 6.48. The second kappa shape index (κ2) is 8.01.